The largest absolute Gasteiger partial charge is 0.355 e. The second-order valence-corrected chi connectivity index (χ2v) is 6.52. The van der Waals surface area contributed by atoms with Crippen molar-refractivity contribution >= 4 is 17.5 Å². The van der Waals surface area contributed by atoms with Crippen molar-refractivity contribution in [2.24, 2.45) is 0 Å². The summed E-state index contributed by atoms with van der Waals surface area (Å²) in [5.41, 5.74) is 3.27. The Morgan fingerprint density at radius 3 is 2.32 bits per heavy atom. The van der Waals surface area contributed by atoms with Crippen LogP contribution in [0.25, 0.3) is 0 Å². The molecule has 0 atom stereocenters. The van der Waals surface area contributed by atoms with Gasteiger partial charge in [0.1, 0.15) is 0 Å². The Morgan fingerprint density at radius 2 is 1.73 bits per heavy atom. The number of aryl methyl sites for hydroxylation is 1. The van der Waals surface area contributed by atoms with E-state index < -0.39 is 0 Å². The van der Waals surface area contributed by atoms with Crippen LogP contribution in [0.3, 0.4) is 0 Å². The highest BCUT2D eigenvalue weighted by atomic mass is 35.5. The zero-order chi connectivity index (χ0) is 15.6. The molecule has 3 rings (SSSR count). The minimum Gasteiger partial charge on any atom is -0.355 e. The van der Waals surface area contributed by atoms with E-state index in [1.165, 1.54) is 11.1 Å². The van der Waals surface area contributed by atoms with Crippen molar-refractivity contribution in [3.05, 3.63) is 70.2 Å². The molecule has 0 saturated heterocycles. The highest BCUT2D eigenvalue weighted by Gasteiger charge is 2.50. The highest BCUT2D eigenvalue weighted by molar-refractivity contribution is 6.30. The quantitative estimate of drug-likeness (QED) is 0.887. The van der Waals surface area contributed by atoms with Crippen LogP contribution in [0.1, 0.15) is 29.5 Å². The molecule has 0 radical (unpaired) electrons. The molecule has 2 aromatic carbocycles. The second kappa shape index (κ2) is 6.13. The maximum atomic E-state index is 12.5. The average molecular weight is 314 g/mol. The maximum absolute atomic E-state index is 12.5. The molecule has 3 heteroatoms. The van der Waals surface area contributed by atoms with Gasteiger partial charge in [0.2, 0.25) is 5.91 Å². The van der Waals surface area contributed by atoms with Gasteiger partial charge >= 0.3 is 0 Å². The molecule has 0 heterocycles. The van der Waals surface area contributed by atoms with E-state index in [-0.39, 0.29) is 11.3 Å². The highest BCUT2D eigenvalue weighted by Crippen LogP contribution is 2.48. The van der Waals surface area contributed by atoms with Crippen molar-refractivity contribution in [2.45, 2.75) is 31.6 Å². The summed E-state index contributed by atoms with van der Waals surface area (Å²) in [6, 6.07) is 16.1. The lowest BCUT2D eigenvalue weighted by atomic mass is 9.94. The number of carbonyl (C=O) groups is 1. The van der Waals surface area contributed by atoms with Crippen LogP contribution in [0.2, 0.25) is 5.02 Å². The first-order valence-corrected chi connectivity index (χ1v) is 8.08. The van der Waals surface area contributed by atoms with Gasteiger partial charge in [-0.05, 0) is 49.4 Å². The third-order valence-corrected chi connectivity index (χ3v) is 4.65. The lowest BCUT2D eigenvalue weighted by Crippen LogP contribution is -2.35. The van der Waals surface area contributed by atoms with Crippen molar-refractivity contribution in [1.29, 1.82) is 0 Å². The molecule has 1 aliphatic rings. The molecule has 0 aromatic heterocycles. The first-order valence-electron chi connectivity index (χ1n) is 7.70. The molecule has 1 fully saturated rings. The summed E-state index contributed by atoms with van der Waals surface area (Å²) >= 11 is 5.87. The zero-order valence-electron chi connectivity index (χ0n) is 12.7. The summed E-state index contributed by atoms with van der Waals surface area (Å²) < 4.78 is 0. The Labute approximate surface area is 136 Å². The first-order chi connectivity index (χ1) is 10.6. The fraction of sp³-hybridized carbons (Fsp3) is 0.316. The summed E-state index contributed by atoms with van der Waals surface area (Å²) in [6.07, 6.45) is 2.72. The number of hydrogen-bond donors (Lipinski definition) is 1. The Kier molecular flexibility index (Phi) is 4.21. The zero-order valence-corrected chi connectivity index (χ0v) is 13.5. The third kappa shape index (κ3) is 3.17. The lowest BCUT2D eigenvalue weighted by Gasteiger charge is -2.16. The van der Waals surface area contributed by atoms with Gasteiger partial charge in [0.05, 0.1) is 5.41 Å². The molecular weight excluding hydrogens is 294 g/mol. The predicted molar refractivity (Wildman–Crippen MR) is 90.3 cm³/mol. The number of nitrogens with one attached hydrogen (secondary N) is 1. The summed E-state index contributed by atoms with van der Waals surface area (Å²) in [6.45, 7) is 2.73. The Morgan fingerprint density at radius 1 is 1.09 bits per heavy atom. The topological polar surface area (TPSA) is 29.1 Å². The standard InChI is InChI=1S/C19H20ClNO/c1-14-2-6-16(7-3-14)19(11-12-19)18(22)21-13-10-15-4-8-17(20)9-5-15/h2-9H,10-13H2,1H3,(H,21,22). The number of benzene rings is 2. The van der Waals surface area contributed by atoms with Crippen LogP contribution in [0.15, 0.2) is 48.5 Å². The van der Waals surface area contributed by atoms with Gasteiger partial charge in [0, 0.05) is 11.6 Å². The van der Waals surface area contributed by atoms with Gasteiger partial charge < -0.3 is 5.32 Å². The van der Waals surface area contributed by atoms with Crippen LogP contribution in [0.4, 0.5) is 0 Å². The molecule has 1 amide bonds. The van der Waals surface area contributed by atoms with Gasteiger partial charge in [-0.1, -0.05) is 53.6 Å². The van der Waals surface area contributed by atoms with Crippen LogP contribution < -0.4 is 5.32 Å². The third-order valence-electron chi connectivity index (χ3n) is 4.40. The maximum Gasteiger partial charge on any atom is 0.230 e. The molecule has 0 unspecified atom stereocenters. The molecule has 1 saturated carbocycles. The lowest BCUT2D eigenvalue weighted by molar-refractivity contribution is -0.123. The smallest absolute Gasteiger partial charge is 0.230 e. The summed E-state index contributed by atoms with van der Waals surface area (Å²) in [7, 11) is 0. The molecule has 1 aliphatic carbocycles. The van der Waals surface area contributed by atoms with Crippen molar-refractivity contribution in [3.8, 4) is 0 Å². The minimum absolute atomic E-state index is 0.158. The van der Waals surface area contributed by atoms with Gasteiger partial charge in [-0.25, -0.2) is 0 Å². The number of rotatable bonds is 5. The van der Waals surface area contributed by atoms with Gasteiger partial charge in [-0.15, -0.1) is 0 Å². The second-order valence-electron chi connectivity index (χ2n) is 6.08. The van der Waals surface area contributed by atoms with Crippen molar-refractivity contribution in [1.82, 2.24) is 5.32 Å². The SMILES string of the molecule is Cc1ccc(C2(C(=O)NCCc3ccc(Cl)cc3)CC2)cc1. The van der Waals surface area contributed by atoms with Crippen molar-refractivity contribution < 1.29 is 4.79 Å². The molecule has 0 aliphatic heterocycles. The van der Waals surface area contributed by atoms with Crippen LogP contribution >= 0.6 is 11.6 Å². The van der Waals surface area contributed by atoms with Crippen LogP contribution in [-0.4, -0.2) is 12.5 Å². The Balaban J connectivity index is 1.57. The Hall–Kier alpha value is -1.80. The van der Waals surface area contributed by atoms with E-state index in [1.807, 2.05) is 24.3 Å². The van der Waals surface area contributed by atoms with Crippen molar-refractivity contribution in [3.63, 3.8) is 0 Å². The van der Waals surface area contributed by atoms with E-state index >= 15 is 0 Å². The van der Waals surface area contributed by atoms with Gasteiger partial charge in [-0.3, -0.25) is 4.79 Å². The van der Waals surface area contributed by atoms with E-state index in [2.05, 4.69) is 36.5 Å². The fourth-order valence-corrected chi connectivity index (χ4v) is 2.91. The number of amides is 1. The molecule has 0 spiro atoms. The molecule has 114 valence electrons. The average Bonchev–Trinajstić information content (AvgIpc) is 3.32. The predicted octanol–water partition coefficient (Wildman–Crippen LogP) is 4.04. The van der Waals surface area contributed by atoms with Crippen LogP contribution in [0.5, 0.6) is 0 Å². The summed E-state index contributed by atoms with van der Waals surface area (Å²) in [5, 5.41) is 3.83. The summed E-state index contributed by atoms with van der Waals surface area (Å²) in [5.74, 6) is 0.158. The molecular formula is C19H20ClNO. The van der Waals surface area contributed by atoms with E-state index in [9.17, 15) is 4.79 Å². The van der Waals surface area contributed by atoms with E-state index in [0.717, 1.165) is 29.8 Å². The minimum atomic E-state index is -0.284. The summed E-state index contributed by atoms with van der Waals surface area (Å²) in [4.78, 5) is 12.5. The first kappa shape index (κ1) is 15.1. The molecule has 2 nitrogen and oxygen atoms in total. The van der Waals surface area contributed by atoms with Crippen LogP contribution in [0, 0.1) is 6.92 Å². The molecule has 0 bridgehead atoms. The van der Waals surface area contributed by atoms with Gasteiger partial charge in [0.15, 0.2) is 0 Å². The van der Waals surface area contributed by atoms with Crippen molar-refractivity contribution in [2.75, 3.05) is 6.54 Å². The number of carbonyl (C=O) groups excluding carboxylic acids is 1. The monoisotopic (exact) mass is 313 g/mol. The Bertz CT molecular complexity index is 657. The van der Waals surface area contributed by atoms with Crippen LogP contribution in [-0.2, 0) is 16.6 Å². The molecule has 22 heavy (non-hydrogen) atoms. The fourth-order valence-electron chi connectivity index (χ4n) is 2.79. The number of hydrogen-bond acceptors (Lipinski definition) is 1. The van der Waals surface area contributed by atoms with Gasteiger partial charge in [0.25, 0.3) is 0 Å². The van der Waals surface area contributed by atoms with E-state index in [0.29, 0.717) is 6.54 Å². The molecule has 2 aromatic rings. The van der Waals surface area contributed by atoms with Gasteiger partial charge in [-0.2, -0.15) is 0 Å². The molecule has 1 N–H and O–H groups in total. The van der Waals surface area contributed by atoms with E-state index in [1.54, 1.807) is 0 Å². The van der Waals surface area contributed by atoms with E-state index in [4.69, 9.17) is 11.6 Å². The number of halogens is 1. The normalized spacial score (nSPS) is 15.4.